The van der Waals surface area contributed by atoms with Gasteiger partial charge in [-0.05, 0) is 31.4 Å². The predicted molar refractivity (Wildman–Crippen MR) is 70.4 cm³/mol. The summed E-state index contributed by atoms with van der Waals surface area (Å²) in [5, 5.41) is 0. The molecule has 0 aliphatic heterocycles. The fourth-order valence-electron chi connectivity index (χ4n) is 1.76. The summed E-state index contributed by atoms with van der Waals surface area (Å²) in [4.78, 5) is 0. The molecule has 1 rings (SSSR count). The van der Waals surface area contributed by atoms with Gasteiger partial charge in [-0.1, -0.05) is 49.8 Å². The zero-order chi connectivity index (χ0) is 12.0. The van der Waals surface area contributed by atoms with Crippen LogP contribution in [-0.2, 0) is 11.3 Å². The van der Waals surface area contributed by atoms with Crippen molar-refractivity contribution in [2.45, 2.75) is 46.3 Å². The monoisotopic (exact) mass is 218 g/mol. The van der Waals surface area contributed by atoms with Gasteiger partial charge in [-0.25, -0.2) is 0 Å². The smallest absolute Gasteiger partial charge is 0.0726 e. The molecule has 0 amide bonds. The lowest BCUT2D eigenvalue weighted by Gasteiger charge is -2.13. The summed E-state index contributed by atoms with van der Waals surface area (Å²) in [6.45, 7) is 10.9. The Bertz CT molecular complexity index is 341. The molecule has 16 heavy (non-hydrogen) atoms. The first-order chi connectivity index (χ1) is 7.67. The molecule has 0 spiro atoms. The van der Waals surface area contributed by atoms with Crippen LogP contribution in [0.25, 0.3) is 6.08 Å². The zero-order valence-electron chi connectivity index (χ0n) is 10.6. The highest BCUT2D eigenvalue weighted by atomic mass is 16.5. The minimum absolute atomic E-state index is 0.337. The number of aryl methyl sites for hydroxylation is 1. The van der Waals surface area contributed by atoms with Crippen LogP contribution in [0.2, 0.25) is 0 Å². The highest BCUT2D eigenvalue weighted by Crippen LogP contribution is 2.15. The van der Waals surface area contributed by atoms with Crippen LogP contribution in [0.15, 0.2) is 24.8 Å². The van der Waals surface area contributed by atoms with Crippen molar-refractivity contribution < 1.29 is 4.74 Å². The highest BCUT2D eigenvalue weighted by Gasteiger charge is 2.04. The molecule has 0 bridgehead atoms. The molecular weight excluding hydrogens is 196 g/mol. The third-order valence-electron chi connectivity index (χ3n) is 2.74. The van der Waals surface area contributed by atoms with Gasteiger partial charge in [0.1, 0.15) is 0 Å². The SMILES string of the molecule is C=Cc1cc(C)ccc1COC(C)CCC. The van der Waals surface area contributed by atoms with Crippen molar-refractivity contribution in [3.05, 3.63) is 41.5 Å². The van der Waals surface area contributed by atoms with E-state index in [4.69, 9.17) is 4.74 Å². The van der Waals surface area contributed by atoms with Gasteiger partial charge in [0, 0.05) is 0 Å². The number of hydrogen-bond donors (Lipinski definition) is 0. The summed E-state index contributed by atoms with van der Waals surface area (Å²) in [6, 6.07) is 6.40. The summed E-state index contributed by atoms with van der Waals surface area (Å²) in [5.74, 6) is 0. The molecule has 0 fully saturated rings. The van der Waals surface area contributed by atoms with Gasteiger partial charge in [0.15, 0.2) is 0 Å². The lowest BCUT2D eigenvalue weighted by Crippen LogP contribution is -2.08. The van der Waals surface area contributed by atoms with Crippen LogP contribution in [0, 0.1) is 6.92 Å². The van der Waals surface area contributed by atoms with Crippen LogP contribution in [0.5, 0.6) is 0 Å². The quantitative estimate of drug-likeness (QED) is 0.690. The lowest BCUT2D eigenvalue weighted by molar-refractivity contribution is 0.0471. The molecule has 0 saturated heterocycles. The molecule has 1 nitrogen and oxygen atoms in total. The molecule has 88 valence electrons. The molecule has 0 heterocycles. The molecular formula is C15H22O. The van der Waals surface area contributed by atoms with Crippen LogP contribution in [0.3, 0.4) is 0 Å². The molecule has 0 saturated carbocycles. The number of ether oxygens (including phenoxy) is 1. The molecule has 0 aromatic heterocycles. The Hall–Kier alpha value is -1.08. The highest BCUT2D eigenvalue weighted by molar-refractivity contribution is 5.52. The van der Waals surface area contributed by atoms with E-state index in [0.717, 1.165) is 6.42 Å². The summed E-state index contributed by atoms with van der Waals surface area (Å²) >= 11 is 0. The van der Waals surface area contributed by atoms with Crippen molar-refractivity contribution >= 4 is 6.08 Å². The molecule has 1 heteroatoms. The number of benzene rings is 1. The van der Waals surface area contributed by atoms with Crippen molar-refractivity contribution in [3.8, 4) is 0 Å². The van der Waals surface area contributed by atoms with Crippen molar-refractivity contribution in [2.24, 2.45) is 0 Å². The first-order valence-electron chi connectivity index (χ1n) is 6.01. The summed E-state index contributed by atoms with van der Waals surface area (Å²) < 4.78 is 5.80. The zero-order valence-corrected chi connectivity index (χ0v) is 10.6. The van der Waals surface area contributed by atoms with E-state index in [0.29, 0.717) is 12.7 Å². The topological polar surface area (TPSA) is 9.23 Å². The van der Waals surface area contributed by atoms with Crippen molar-refractivity contribution in [1.82, 2.24) is 0 Å². The van der Waals surface area contributed by atoms with E-state index in [2.05, 4.69) is 45.5 Å². The Balaban J connectivity index is 2.62. The Labute approximate surface area is 99.1 Å². The molecule has 1 unspecified atom stereocenters. The second-order valence-electron chi connectivity index (χ2n) is 4.32. The van der Waals surface area contributed by atoms with Crippen LogP contribution in [0.4, 0.5) is 0 Å². The summed E-state index contributed by atoms with van der Waals surface area (Å²) in [5.41, 5.74) is 3.67. The average Bonchev–Trinajstić information content (AvgIpc) is 2.27. The predicted octanol–water partition coefficient (Wildman–Crippen LogP) is 4.34. The molecule has 0 aliphatic rings. The number of hydrogen-bond acceptors (Lipinski definition) is 1. The standard InChI is InChI=1S/C15H22O/c1-5-7-13(4)16-11-15-9-8-12(3)10-14(15)6-2/h6,8-10,13H,2,5,7,11H2,1,3-4H3. The molecule has 1 aromatic carbocycles. The summed E-state index contributed by atoms with van der Waals surface area (Å²) in [7, 11) is 0. The minimum Gasteiger partial charge on any atom is -0.374 e. The Kier molecular flexibility index (Phi) is 5.27. The van der Waals surface area contributed by atoms with Gasteiger partial charge < -0.3 is 4.74 Å². The van der Waals surface area contributed by atoms with Gasteiger partial charge in [-0.3, -0.25) is 0 Å². The van der Waals surface area contributed by atoms with E-state index in [-0.39, 0.29) is 0 Å². The van der Waals surface area contributed by atoms with Crippen molar-refractivity contribution in [2.75, 3.05) is 0 Å². The van der Waals surface area contributed by atoms with Crippen molar-refractivity contribution in [3.63, 3.8) is 0 Å². The third-order valence-corrected chi connectivity index (χ3v) is 2.74. The van der Waals surface area contributed by atoms with Crippen LogP contribution in [0.1, 0.15) is 43.4 Å². The largest absolute Gasteiger partial charge is 0.374 e. The van der Waals surface area contributed by atoms with Crippen LogP contribution in [-0.4, -0.2) is 6.10 Å². The molecule has 0 aliphatic carbocycles. The maximum Gasteiger partial charge on any atom is 0.0726 e. The number of rotatable bonds is 6. The van der Waals surface area contributed by atoms with Crippen molar-refractivity contribution in [1.29, 1.82) is 0 Å². The van der Waals surface area contributed by atoms with E-state index in [1.165, 1.54) is 23.1 Å². The fraction of sp³-hybridized carbons (Fsp3) is 0.467. The Morgan fingerprint density at radius 2 is 2.19 bits per heavy atom. The fourth-order valence-corrected chi connectivity index (χ4v) is 1.76. The Morgan fingerprint density at radius 1 is 1.44 bits per heavy atom. The van der Waals surface area contributed by atoms with E-state index in [9.17, 15) is 0 Å². The molecule has 1 atom stereocenters. The first-order valence-corrected chi connectivity index (χ1v) is 6.01. The van der Waals surface area contributed by atoms with E-state index in [1.54, 1.807) is 0 Å². The molecule has 0 N–H and O–H groups in total. The van der Waals surface area contributed by atoms with E-state index >= 15 is 0 Å². The van der Waals surface area contributed by atoms with Gasteiger partial charge >= 0.3 is 0 Å². The Morgan fingerprint density at radius 3 is 2.81 bits per heavy atom. The van der Waals surface area contributed by atoms with Crippen LogP contribution >= 0.6 is 0 Å². The van der Waals surface area contributed by atoms with Gasteiger partial charge in [-0.2, -0.15) is 0 Å². The lowest BCUT2D eigenvalue weighted by atomic mass is 10.1. The minimum atomic E-state index is 0.337. The van der Waals surface area contributed by atoms with E-state index < -0.39 is 0 Å². The van der Waals surface area contributed by atoms with E-state index in [1.807, 2.05) is 6.08 Å². The van der Waals surface area contributed by atoms with Gasteiger partial charge in [0.25, 0.3) is 0 Å². The second-order valence-corrected chi connectivity index (χ2v) is 4.32. The summed E-state index contributed by atoms with van der Waals surface area (Å²) in [6.07, 6.45) is 4.53. The first kappa shape index (κ1) is 13.0. The maximum atomic E-state index is 5.80. The third kappa shape index (κ3) is 3.82. The maximum absolute atomic E-state index is 5.80. The van der Waals surface area contributed by atoms with Gasteiger partial charge in [0.05, 0.1) is 12.7 Å². The molecule has 0 radical (unpaired) electrons. The normalized spacial score (nSPS) is 12.4. The second kappa shape index (κ2) is 6.49. The van der Waals surface area contributed by atoms with Gasteiger partial charge in [0.2, 0.25) is 0 Å². The van der Waals surface area contributed by atoms with Crippen LogP contribution < -0.4 is 0 Å². The van der Waals surface area contributed by atoms with Gasteiger partial charge in [-0.15, -0.1) is 0 Å². The average molecular weight is 218 g/mol. The molecule has 1 aromatic rings.